The van der Waals surface area contributed by atoms with Gasteiger partial charge in [-0.2, -0.15) is 4.31 Å². The molecule has 21 heavy (non-hydrogen) atoms. The van der Waals surface area contributed by atoms with Gasteiger partial charge in [0, 0.05) is 26.8 Å². The monoisotopic (exact) mass is 333 g/mol. The summed E-state index contributed by atoms with van der Waals surface area (Å²) in [6.45, 7) is 1.39. The molecule has 0 saturated carbocycles. The second-order valence-corrected chi connectivity index (χ2v) is 7.54. The zero-order chi connectivity index (χ0) is 15.5. The van der Waals surface area contributed by atoms with E-state index in [1.54, 1.807) is 13.2 Å². The summed E-state index contributed by atoms with van der Waals surface area (Å²) < 4.78 is 31.9. The molecule has 1 heterocycles. The Kier molecular flexibility index (Phi) is 5.62. The van der Waals surface area contributed by atoms with E-state index in [-0.39, 0.29) is 16.5 Å². The predicted octanol–water partition coefficient (Wildman–Crippen LogP) is 1.88. The van der Waals surface area contributed by atoms with Crippen molar-refractivity contribution in [1.29, 1.82) is 0 Å². The third kappa shape index (κ3) is 3.76. The van der Waals surface area contributed by atoms with Gasteiger partial charge in [0.25, 0.3) is 0 Å². The second kappa shape index (κ2) is 7.07. The number of hydrogen-bond acceptors (Lipinski definition) is 4. The number of aliphatic hydroxyl groups is 1. The van der Waals surface area contributed by atoms with Crippen LogP contribution in [0.1, 0.15) is 18.4 Å². The minimum absolute atomic E-state index is 0.0703. The van der Waals surface area contributed by atoms with E-state index in [0.717, 1.165) is 12.8 Å². The number of nitrogens with zero attached hydrogens (tertiary/aromatic N) is 1. The predicted molar refractivity (Wildman–Crippen MR) is 80.7 cm³/mol. The fraction of sp³-hybridized carbons (Fsp3) is 0.571. The van der Waals surface area contributed by atoms with E-state index >= 15 is 0 Å². The Balaban J connectivity index is 2.19. The van der Waals surface area contributed by atoms with Crippen LogP contribution in [-0.2, 0) is 21.4 Å². The van der Waals surface area contributed by atoms with E-state index in [2.05, 4.69) is 0 Å². The molecule has 1 aliphatic rings. The molecule has 1 saturated heterocycles. The minimum atomic E-state index is -3.61. The average molecular weight is 334 g/mol. The van der Waals surface area contributed by atoms with Crippen LogP contribution in [0.2, 0.25) is 5.02 Å². The molecule has 0 aliphatic carbocycles. The first-order valence-electron chi connectivity index (χ1n) is 6.87. The van der Waals surface area contributed by atoms with Crippen molar-refractivity contribution in [2.24, 2.45) is 5.92 Å². The van der Waals surface area contributed by atoms with Gasteiger partial charge in [0.1, 0.15) is 4.90 Å². The fourth-order valence-electron chi connectivity index (χ4n) is 2.53. The Labute approximate surface area is 130 Å². The molecule has 2 rings (SSSR count). The molecule has 1 aliphatic heterocycles. The highest BCUT2D eigenvalue weighted by Gasteiger charge is 2.30. The Morgan fingerprint density at radius 1 is 1.38 bits per heavy atom. The van der Waals surface area contributed by atoms with Crippen molar-refractivity contribution in [3.05, 3.63) is 28.8 Å². The van der Waals surface area contributed by atoms with Gasteiger partial charge in [0.05, 0.1) is 11.6 Å². The van der Waals surface area contributed by atoms with Gasteiger partial charge in [-0.15, -0.1) is 0 Å². The van der Waals surface area contributed by atoms with Crippen molar-refractivity contribution in [3.8, 4) is 0 Å². The van der Waals surface area contributed by atoms with Crippen LogP contribution < -0.4 is 0 Å². The number of methoxy groups -OCH3 is 1. The van der Waals surface area contributed by atoms with Crippen molar-refractivity contribution in [2.45, 2.75) is 24.3 Å². The lowest BCUT2D eigenvalue weighted by Crippen LogP contribution is -2.39. The first-order valence-corrected chi connectivity index (χ1v) is 8.69. The van der Waals surface area contributed by atoms with E-state index in [1.165, 1.54) is 16.4 Å². The van der Waals surface area contributed by atoms with Crippen LogP contribution in [0.15, 0.2) is 23.1 Å². The molecule has 1 N–H and O–H groups in total. The molecule has 0 aromatic heterocycles. The molecule has 0 atom stereocenters. The minimum Gasteiger partial charge on any atom is -0.392 e. The third-order valence-electron chi connectivity index (χ3n) is 3.77. The van der Waals surface area contributed by atoms with E-state index in [0.29, 0.717) is 31.2 Å². The van der Waals surface area contributed by atoms with Crippen LogP contribution >= 0.6 is 11.6 Å². The Morgan fingerprint density at radius 2 is 2.05 bits per heavy atom. The van der Waals surface area contributed by atoms with Crippen LogP contribution in [0.3, 0.4) is 0 Å². The topological polar surface area (TPSA) is 66.8 Å². The summed E-state index contributed by atoms with van der Waals surface area (Å²) in [6, 6.07) is 4.57. The number of rotatable bonds is 5. The lowest BCUT2D eigenvalue weighted by atomic mass is 9.99. The highest BCUT2D eigenvalue weighted by molar-refractivity contribution is 7.89. The quantitative estimate of drug-likeness (QED) is 0.893. The molecule has 0 bridgehead atoms. The maximum absolute atomic E-state index is 12.7. The van der Waals surface area contributed by atoms with Crippen molar-refractivity contribution >= 4 is 21.6 Å². The van der Waals surface area contributed by atoms with Crippen LogP contribution in [0.4, 0.5) is 0 Å². The molecule has 1 aromatic rings. The summed E-state index contributed by atoms with van der Waals surface area (Å²) in [6.07, 6.45) is 1.56. The summed E-state index contributed by atoms with van der Waals surface area (Å²) >= 11 is 6.03. The van der Waals surface area contributed by atoms with Crippen molar-refractivity contribution in [2.75, 3.05) is 26.8 Å². The Hall–Kier alpha value is -0.660. The Bertz CT molecular complexity index is 583. The molecule has 0 amide bonds. The molecule has 118 valence electrons. The van der Waals surface area contributed by atoms with Crippen LogP contribution in [0, 0.1) is 5.92 Å². The number of aliphatic hydroxyl groups excluding tert-OH is 1. The number of hydrogen-bond donors (Lipinski definition) is 1. The molecule has 5 nitrogen and oxygen atoms in total. The van der Waals surface area contributed by atoms with Gasteiger partial charge in [-0.25, -0.2) is 8.42 Å². The van der Waals surface area contributed by atoms with E-state index in [9.17, 15) is 8.42 Å². The Morgan fingerprint density at radius 3 is 2.62 bits per heavy atom. The highest BCUT2D eigenvalue weighted by Crippen LogP contribution is 2.29. The normalized spacial score (nSPS) is 18.0. The van der Waals surface area contributed by atoms with Crippen molar-refractivity contribution in [3.63, 3.8) is 0 Å². The second-order valence-electron chi connectivity index (χ2n) is 5.23. The lowest BCUT2D eigenvalue weighted by Gasteiger charge is -2.31. The summed E-state index contributed by atoms with van der Waals surface area (Å²) in [5.41, 5.74) is 0.534. The van der Waals surface area contributed by atoms with Gasteiger partial charge >= 0.3 is 0 Å². The maximum atomic E-state index is 12.7. The number of piperidine rings is 1. The summed E-state index contributed by atoms with van der Waals surface area (Å²) in [5.74, 6) is 0.403. The van der Waals surface area contributed by atoms with Gasteiger partial charge < -0.3 is 9.84 Å². The van der Waals surface area contributed by atoms with Gasteiger partial charge in [-0.3, -0.25) is 0 Å². The van der Waals surface area contributed by atoms with Gasteiger partial charge in [-0.1, -0.05) is 17.7 Å². The van der Waals surface area contributed by atoms with E-state index in [4.69, 9.17) is 21.4 Å². The van der Waals surface area contributed by atoms with Crippen LogP contribution in [-0.4, -0.2) is 44.6 Å². The number of ether oxygens (including phenoxy) is 1. The van der Waals surface area contributed by atoms with Crippen LogP contribution in [0.25, 0.3) is 0 Å². The standard InChI is InChI=1S/C14H20ClNO4S/c1-20-10-11-4-6-16(7-5-11)21(18,19)14-8-12(9-17)2-3-13(14)15/h2-3,8,11,17H,4-7,9-10H2,1H3. The SMILES string of the molecule is COCC1CCN(S(=O)(=O)c2cc(CO)ccc2Cl)CC1. The largest absolute Gasteiger partial charge is 0.392 e. The van der Waals surface area contributed by atoms with Crippen LogP contribution in [0.5, 0.6) is 0 Å². The average Bonchev–Trinajstić information content (AvgIpc) is 2.48. The summed E-state index contributed by atoms with van der Waals surface area (Å²) in [4.78, 5) is 0.0703. The molecule has 7 heteroatoms. The number of sulfonamides is 1. The summed E-state index contributed by atoms with van der Waals surface area (Å²) in [7, 11) is -1.96. The van der Waals surface area contributed by atoms with E-state index < -0.39 is 10.0 Å². The van der Waals surface area contributed by atoms with Crippen molar-refractivity contribution in [1.82, 2.24) is 4.31 Å². The molecular formula is C14H20ClNO4S. The summed E-state index contributed by atoms with van der Waals surface area (Å²) in [5, 5.41) is 9.34. The zero-order valence-corrected chi connectivity index (χ0v) is 13.5. The fourth-order valence-corrected chi connectivity index (χ4v) is 4.53. The van der Waals surface area contributed by atoms with Gasteiger partial charge in [-0.05, 0) is 36.5 Å². The lowest BCUT2D eigenvalue weighted by molar-refractivity contribution is 0.121. The highest BCUT2D eigenvalue weighted by atomic mass is 35.5. The molecular weight excluding hydrogens is 314 g/mol. The first kappa shape index (κ1) is 16.7. The molecule has 0 unspecified atom stereocenters. The smallest absolute Gasteiger partial charge is 0.244 e. The van der Waals surface area contributed by atoms with Crippen molar-refractivity contribution < 1.29 is 18.3 Å². The first-order chi connectivity index (χ1) is 9.98. The third-order valence-corrected chi connectivity index (χ3v) is 6.15. The maximum Gasteiger partial charge on any atom is 0.244 e. The van der Waals surface area contributed by atoms with E-state index in [1.807, 2.05) is 0 Å². The molecule has 1 aromatic carbocycles. The molecule has 1 fully saturated rings. The molecule has 0 radical (unpaired) electrons. The number of halogens is 1. The molecule has 0 spiro atoms. The number of benzene rings is 1. The van der Waals surface area contributed by atoms with Gasteiger partial charge in [0.15, 0.2) is 0 Å². The zero-order valence-electron chi connectivity index (χ0n) is 12.0. The van der Waals surface area contributed by atoms with Gasteiger partial charge in [0.2, 0.25) is 10.0 Å².